The molecule has 0 aromatic carbocycles. The van der Waals surface area contributed by atoms with Crippen LogP contribution in [0.15, 0.2) is 35.4 Å². The van der Waals surface area contributed by atoms with Crippen LogP contribution in [0.5, 0.6) is 6.01 Å². The molecule has 7 nitrogen and oxygen atoms in total. The number of alkyl halides is 2. The summed E-state index contributed by atoms with van der Waals surface area (Å²) in [5, 5.41) is 4.06. The van der Waals surface area contributed by atoms with Crippen molar-refractivity contribution in [2.75, 3.05) is 7.11 Å². The Bertz CT molecular complexity index is 1270. The molecular formula is C24H25F2N5O2. The first-order valence-corrected chi connectivity index (χ1v) is 11.0. The van der Waals surface area contributed by atoms with Gasteiger partial charge in [0.25, 0.3) is 0 Å². The van der Waals surface area contributed by atoms with Crippen molar-refractivity contribution in [1.29, 1.82) is 0 Å². The third kappa shape index (κ3) is 4.07. The van der Waals surface area contributed by atoms with Gasteiger partial charge >= 0.3 is 6.01 Å². The van der Waals surface area contributed by atoms with Crippen LogP contribution in [0.1, 0.15) is 37.1 Å². The van der Waals surface area contributed by atoms with E-state index in [0.29, 0.717) is 25.4 Å². The van der Waals surface area contributed by atoms with Crippen LogP contribution < -0.4 is 4.74 Å². The van der Waals surface area contributed by atoms with E-state index in [9.17, 15) is 8.78 Å². The Morgan fingerprint density at radius 1 is 1.09 bits per heavy atom. The van der Waals surface area contributed by atoms with Crippen LogP contribution in [0.25, 0.3) is 33.3 Å². The van der Waals surface area contributed by atoms with E-state index in [-0.39, 0.29) is 18.8 Å². The first kappa shape index (κ1) is 21.5. The number of methoxy groups -OCH3 is 1. The highest BCUT2D eigenvalue weighted by Gasteiger charge is 2.35. The number of pyridine rings is 1. The average molecular weight is 453 g/mol. The molecule has 4 aromatic heterocycles. The summed E-state index contributed by atoms with van der Waals surface area (Å²) in [5.41, 5.74) is 6.06. The molecule has 0 radical (unpaired) electrons. The quantitative estimate of drug-likeness (QED) is 0.391. The second-order valence-electron chi connectivity index (χ2n) is 8.74. The molecule has 172 valence electrons. The summed E-state index contributed by atoms with van der Waals surface area (Å²) in [6.45, 7) is 4.43. The first-order valence-electron chi connectivity index (χ1n) is 11.0. The zero-order chi connectivity index (χ0) is 23.2. The molecule has 1 saturated carbocycles. The average Bonchev–Trinajstić information content (AvgIpc) is 3.34. The van der Waals surface area contributed by atoms with Gasteiger partial charge in [-0.1, -0.05) is 5.16 Å². The lowest BCUT2D eigenvalue weighted by Crippen LogP contribution is -2.26. The number of ether oxygens (including phenoxy) is 1. The highest BCUT2D eigenvalue weighted by molar-refractivity contribution is 5.94. The molecule has 1 aliphatic carbocycles. The van der Waals surface area contributed by atoms with E-state index in [4.69, 9.17) is 14.2 Å². The van der Waals surface area contributed by atoms with Crippen LogP contribution in [-0.4, -0.2) is 37.7 Å². The molecule has 33 heavy (non-hydrogen) atoms. The van der Waals surface area contributed by atoms with E-state index < -0.39 is 5.92 Å². The molecule has 0 N–H and O–H groups in total. The Morgan fingerprint density at radius 2 is 1.79 bits per heavy atom. The smallest absolute Gasteiger partial charge is 0.316 e. The Labute approximate surface area is 189 Å². The molecule has 0 amide bonds. The molecule has 0 atom stereocenters. The van der Waals surface area contributed by atoms with E-state index in [1.807, 2.05) is 26.2 Å². The first-order chi connectivity index (χ1) is 15.8. The maximum atomic E-state index is 13.7. The summed E-state index contributed by atoms with van der Waals surface area (Å²) in [6.07, 6.45) is 8.14. The second kappa shape index (κ2) is 8.20. The van der Waals surface area contributed by atoms with Gasteiger partial charge in [-0.25, -0.2) is 18.7 Å². The van der Waals surface area contributed by atoms with Crippen LogP contribution in [0.2, 0.25) is 0 Å². The van der Waals surface area contributed by atoms with E-state index >= 15 is 0 Å². The third-order valence-electron chi connectivity index (χ3n) is 6.45. The molecule has 0 aliphatic heterocycles. The minimum atomic E-state index is -2.54. The summed E-state index contributed by atoms with van der Waals surface area (Å²) in [4.78, 5) is 13.2. The highest BCUT2D eigenvalue weighted by atomic mass is 19.3. The van der Waals surface area contributed by atoms with Crippen LogP contribution in [0.4, 0.5) is 8.78 Å². The molecular weight excluding hydrogens is 428 g/mol. The molecule has 0 saturated heterocycles. The number of aromatic nitrogens is 5. The van der Waals surface area contributed by atoms with E-state index in [1.54, 1.807) is 12.4 Å². The Balaban J connectivity index is 1.59. The fourth-order valence-corrected chi connectivity index (χ4v) is 4.68. The largest absolute Gasteiger partial charge is 0.467 e. The maximum absolute atomic E-state index is 13.7. The number of halogens is 2. The highest BCUT2D eigenvalue weighted by Crippen LogP contribution is 2.39. The van der Waals surface area contributed by atoms with Crippen molar-refractivity contribution in [3.63, 3.8) is 0 Å². The number of nitrogens with zero attached hydrogens (tertiary/aromatic N) is 5. The van der Waals surface area contributed by atoms with Gasteiger partial charge in [-0.15, -0.1) is 0 Å². The minimum Gasteiger partial charge on any atom is -0.467 e. The van der Waals surface area contributed by atoms with Gasteiger partial charge in [0.1, 0.15) is 5.76 Å². The van der Waals surface area contributed by atoms with Gasteiger partial charge in [0, 0.05) is 66.4 Å². The van der Waals surface area contributed by atoms with Crippen LogP contribution in [0, 0.1) is 19.8 Å². The molecule has 1 aliphatic rings. The molecule has 1 fully saturated rings. The maximum Gasteiger partial charge on any atom is 0.316 e. The molecule has 9 heteroatoms. The summed E-state index contributed by atoms with van der Waals surface area (Å²) < 4.78 is 39.9. The van der Waals surface area contributed by atoms with Gasteiger partial charge in [-0.3, -0.25) is 4.98 Å². The monoisotopic (exact) mass is 453 g/mol. The molecule has 4 aromatic rings. The SMILES string of the molecule is COc1ncc(-c2cn(CC3CCC(F)(F)CC3)c3cc(-c4c(C)noc4C)cnc23)cn1. The number of hydrogen-bond acceptors (Lipinski definition) is 6. The number of aryl methyl sites for hydroxylation is 2. The Hall–Kier alpha value is -3.36. The van der Waals surface area contributed by atoms with E-state index in [2.05, 4.69) is 25.8 Å². The van der Waals surface area contributed by atoms with Gasteiger partial charge < -0.3 is 13.8 Å². The standard InChI is InChI=1S/C24H25F2N5O2/c1-14-21(15(2)33-30-14)17-8-20-22(27-9-17)19(18-10-28-23(32-3)29-11-18)13-31(20)12-16-4-6-24(25,26)7-5-16/h8-11,13,16H,4-7,12H2,1-3H3. The number of rotatable bonds is 5. The fraction of sp³-hybridized carbons (Fsp3) is 0.417. The van der Waals surface area contributed by atoms with Crippen molar-refractivity contribution in [3.05, 3.63) is 42.3 Å². The van der Waals surface area contributed by atoms with Crippen molar-refractivity contribution >= 4 is 11.0 Å². The third-order valence-corrected chi connectivity index (χ3v) is 6.45. The summed E-state index contributed by atoms with van der Waals surface area (Å²) in [6, 6.07) is 2.36. The lowest BCUT2D eigenvalue weighted by molar-refractivity contribution is -0.0472. The molecule has 0 unspecified atom stereocenters. The van der Waals surface area contributed by atoms with Crippen molar-refractivity contribution in [2.24, 2.45) is 5.92 Å². The fourth-order valence-electron chi connectivity index (χ4n) is 4.68. The van der Waals surface area contributed by atoms with Gasteiger partial charge in [-0.2, -0.15) is 0 Å². The van der Waals surface area contributed by atoms with Crippen LogP contribution in [0.3, 0.4) is 0 Å². The second-order valence-corrected chi connectivity index (χ2v) is 8.74. The van der Waals surface area contributed by atoms with E-state index in [0.717, 1.165) is 44.7 Å². The number of hydrogen-bond donors (Lipinski definition) is 0. The zero-order valence-electron chi connectivity index (χ0n) is 18.8. The summed E-state index contributed by atoms with van der Waals surface area (Å²) >= 11 is 0. The Kier molecular flexibility index (Phi) is 5.34. The minimum absolute atomic E-state index is 0.0569. The van der Waals surface area contributed by atoms with Gasteiger partial charge in [0.2, 0.25) is 5.92 Å². The lowest BCUT2D eigenvalue weighted by atomic mass is 9.87. The van der Waals surface area contributed by atoms with Gasteiger partial charge in [-0.05, 0) is 38.7 Å². The van der Waals surface area contributed by atoms with Crippen molar-refractivity contribution in [3.8, 4) is 28.3 Å². The normalized spacial score (nSPS) is 16.4. The molecule has 5 rings (SSSR count). The van der Waals surface area contributed by atoms with Crippen LogP contribution >= 0.6 is 0 Å². The summed E-state index contributed by atoms with van der Waals surface area (Å²) in [5.74, 6) is -1.63. The van der Waals surface area contributed by atoms with Gasteiger partial charge in [0.05, 0.1) is 23.8 Å². The molecule has 4 heterocycles. The zero-order valence-corrected chi connectivity index (χ0v) is 18.8. The van der Waals surface area contributed by atoms with Crippen LogP contribution in [-0.2, 0) is 6.54 Å². The van der Waals surface area contributed by atoms with Crippen molar-refractivity contribution in [2.45, 2.75) is 52.0 Å². The van der Waals surface area contributed by atoms with Crippen molar-refractivity contribution in [1.82, 2.24) is 24.7 Å². The van der Waals surface area contributed by atoms with Gasteiger partial charge in [0.15, 0.2) is 0 Å². The predicted molar refractivity (Wildman–Crippen MR) is 119 cm³/mol. The Morgan fingerprint density at radius 3 is 2.42 bits per heavy atom. The van der Waals surface area contributed by atoms with E-state index in [1.165, 1.54) is 7.11 Å². The lowest BCUT2D eigenvalue weighted by Gasteiger charge is -2.28. The predicted octanol–water partition coefficient (Wildman–Crippen LogP) is 5.60. The summed E-state index contributed by atoms with van der Waals surface area (Å²) in [7, 11) is 1.52. The number of fused-ring (bicyclic) bond motifs is 1. The topological polar surface area (TPSA) is 78.9 Å². The molecule has 0 bridgehead atoms. The molecule has 0 spiro atoms. The van der Waals surface area contributed by atoms with Crippen molar-refractivity contribution < 1.29 is 18.0 Å².